The fourth-order valence-electron chi connectivity index (χ4n) is 4.60. The summed E-state index contributed by atoms with van der Waals surface area (Å²) >= 11 is 0. The number of aromatic nitrogens is 2. The highest BCUT2D eigenvalue weighted by atomic mass is 32.2. The zero-order chi connectivity index (χ0) is 24.5. The minimum atomic E-state index is -3.49. The van der Waals surface area contributed by atoms with E-state index in [2.05, 4.69) is 34.0 Å². The van der Waals surface area contributed by atoms with Gasteiger partial charge >= 0.3 is 0 Å². The molecule has 2 saturated heterocycles. The van der Waals surface area contributed by atoms with Gasteiger partial charge in [0.15, 0.2) is 9.84 Å². The lowest BCUT2D eigenvalue weighted by molar-refractivity contribution is -0.101. The van der Waals surface area contributed by atoms with Crippen molar-refractivity contribution in [3.63, 3.8) is 0 Å². The summed E-state index contributed by atoms with van der Waals surface area (Å²) in [4.78, 5) is 11.1. The number of piperidine rings is 1. The standard InChI is InChI=1S/C24H33FN4O4S/c1-15(2)7-8-29-17-9-19(10-18(29)13-32-12-17)33-24-16(3)23(26-14-27-24)28-22-6-5-20(11-21(22)25)34(4,30)31/h5-6,11,14-15,17-19H,7-10,12-13H2,1-4H3,(H,26,27,28). The maximum absolute atomic E-state index is 14.5. The molecule has 1 aromatic carbocycles. The van der Waals surface area contributed by atoms with E-state index in [0.717, 1.165) is 31.7 Å². The molecule has 0 spiro atoms. The quantitative estimate of drug-likeness (QED) is 0.596. The largest absolute Gasteiger partial charge is 0.474 e. The van der Waals surface area contributed by atoms with Crippen LogP contribution in [0.5, 0.6) is 5.88 Å². The van der Waals surface area contributed by atoms with Crippen LogP contribution in [0.4, 0.5) is 15.9 Å². The molecule has 4 rings (SSSR count). The number of rotatable bonds is 8. The fraction of sp³-hybridized carbons (Fsp3) is 0.583. The average molecular weight is 493 g/mol. The predicted octanol–water partition coefficient (Wildman–Crippen LogP) is 3.73. The van der Waals surface area contributed by atoms with Gasteiger partial charge in [0.05, 0.1) is 29.4 Å². The molecule has 2 aliphatic rings. The van der Waals surface area contributed by atoms with E-state index in [1.165, 1.54) is 24.9 Å². The van der Waals surface area contributed by atoms with Crippen LogP contribution < -0.4 is 10.1 Å². The molecule has 2 aromatic rings. The second-order valence-electron chi connectivity index (χ2n) is 9.67. The summed E-state index contributed by atoms with van der Waals surface area (Å²) in [6.07, 6.45) is 5.34. The van der Waals surface area contributed by atoms with Gasteiger partial charge in [-0.15, -0.1) is 0 Å². The minimum absolute atomic E-state index is 0.0152. The third-order valence-electron chi connectivity index (χ3n) is 6.53. The first kappa shape index (κ1) is 24.8. The molecule has 2 aliphatic heterocycles. The van der Waals surface area contributed by atoms with E-state index in [9.17, 15) is 12.8 Å². The Hall–Kier alpha value is -2.30. The molecule has 34 heavy (non-hydrogen) atoms. The molecule has 0 saturated carbocycles. The summed E-state index contributed by atoms with van der Waals surface area (Å²) in [5.74, 6) is 0.863. The molecule has 2 unspecified atom stereocenters. The number of hydrogen-bond donors (Lipinski definition) is 1. The van der Waals surface area contributed by atoms with Crippen LogP contribution in [-0.2, 0) is 14.6 Å². The van der Waals surface area contributed by atoms with Crippen LogP contribution in [-0.4, -0.2) is 67.5 Å². The second kappa shape index (κ2) is 10.1. The van der Waals surface area contributed by atoms with Gasteiger partial charge in [-0.3, -0.25) is 4.90 Å². The smallest absolute Gasteiger partial charge is 0.221 e. The van der Waals surface area contributed by atoms with E-state index < -0.39 is 15.7 Å². The van der Waals surface area contributed by atoms with Crippen molar-refractivity contribution in [2.24, 2.45) is 5.92 Å². The first-order valence-electron chi connectivity index (χ1n) is 11.7. The molecule has 186 valence electrons. The van der Waals surface area contributed by atoms with Crippen molar-refractivity contribution < 1.29 is 22.3 Å². The van der Waals surface area contributed by atoms with Crippen molar-refractivity contribution in [3.8, 4) is 5.88 Å². The van der Waals surface area contributed by atoms with Crippen LogP contribution in [0.15, 0.2) is 29.4 Å². The lowest BCUT2D eigenvalue weighted by Gasteiger charge is -2.48. The Kier molecular flexibility index (Phi) is 7.39. The molecule has 2 atom stereocenters. The number of hydrogen-bond acceptors (Lipinski definition) is 8. The molecule has 2 bridgehead atoms. The van der Waals surface area contributed by atoms with E-state index in [-0.39, 0.29) is 16.7 Å². The van der Waals surface area contributed by atoms with Crippen molar-refractivity contribution in [2.75, 3.05) is 31.3 Å². The fourth-order valence-corrected chi connectivity index (χ4v) is 5.23. The van der Waals surface area contributed by atoms with Crippen molar-refractivity contribution >= 4 is 21.3 Å². The summed E-state index contributed by atoms with van der Waals surface area (Å²) in [6.45, 7) is 8.82. The van der Waals surface area contributed by atoms with Crippen molar-refractivity contribution in [1.29, 1.82) is 0 Å². The van der Waals surface area contributed by atoms with Crippen LogP contribution in [0.2, 0.25) is 0 Å². The van der Waals surface area contributed by atoms with Gasteiger partial charge in [-0.05, 0) is 44.0 Å². The summed E-state index contributed by atoms with van der Waals surface area (Å²) in [5, 5.41) is 2.94. The number of morpholine rings is 1. The Morgan fingerprint density at radius 3 is 2.56 bits per heavy atom. The normalized spacial score (nSPS) is 23.2. The Morgan fingerprint density at radius 2 is 1.94 bits per heavy atom. The van der Waals surface area contributed by atoms with Gasteiger partial charge in [-0.2, -0.15) is 0 Å². The number of fused-ring (bicyclic) bond motifs is 2. The molecule has 1 aromatic heterocycles. The van der Waals surface area contributed by atoms with E-state index in [1.807, 2.05) is 6.92 Å². The lowest BCUT2D eigenvalue weighted by Crippen LogP contribution is -2.59. The van der Waals surface area contributed by atoms with Gasteiger partial charge in [0.25, 0.3) is 0 Å². The van der Waals surface area contributed by atoms with E-state index in [0.29, 0.717) is 48.5 Å². The number of halogens is 1. The Labute approximate surface area is 200 Å². The van der Waals surface area contributed by atoms with Crippen LogP contribution in [0.1, 0.15) is 38.7 Å². The van der Waals surface area contributed by atoms with Gasteiger partial charge in [0, 0.05) is 31.2 Å². The van der Waals surface area contributed by atoms with Gasteiger partial charge in [0.2, 0.25) is 5.88 Å². The molecule has 2 fully saturated rings. The number of sulfone groups is 1. The number of anilines is 2. The summed E-state index contributed by atoms with van der Waals surface area (Å²) in [6, 6.07) is 4.42. The molecule has 1 N–H and O–H groups in total. The zero-order valence-corrected chi connectivity index (χ0v) is 20.9. The van der Waals surface area contributed by atoms with Gasteiger partial charge in [-0.1, -0.05) is 13.8 Å². The predicted molar refractivity (Wildman–Crippen MR) is 128 cm³/mol. The third kappa shape index (κ3) is 5.67. The average Bonchev–Trinajstić information content (AvgIpc) is 2.75. The van der Waals surface area contributed by atoms with Crippen molar-refractivity contribution in [1.82, 2.24) is 14.9 Å². The highest BCUT2D eigenvalue weighted by molar-refractivity contribution is 7.90. The Morgan fingerprint density at radius 1 is 1.24 bits per heavy atom. The summed E-state index contributed by atoms with van der Waals surface area (Å²) in [5.41, 5.74) is 0.794. The molecule has 0 aliphatic carbocycles. The van der Waals surface area contributed by atoms with Crippen molar-refractivity contribution in [3.05, 3.63) is 35.9 Å². The minimum Gasteiger partial charge on any atom is -0.474 e. The van der Waals surface area contributed by atoms with E-state index >= 15 is 0 Å². The van der Waals surface area contributed by atoms with Crippen LogP contribution >= 0.6 is 0 Å². The molecule has 3 heterocycles. The lowest BCUT2D eigenvalue weighted by atomic mass is 9.91. The van der Waals surface area contributed by atoms with Crippen LogP contribution in [0.3, 0.4) is 0 Å². The zero-order valence-electron chi connectivity index (χ0n) is 20.1. The van der Waals surface area contributed by atoms with Crippen molar-refractivity contribution in [2.45, 2.75) is 63.1 Å². The summed E-state index contributed by atoms with van der Waals surface area (Å²) in [7, 11) is -3.49. The molecular weight excluding hydrogens is 459 g/mol. The van der Waals surface area contributed by atoms with Gasteiger partial charge < -0.3 is 14.8 Å². The number of benzene rings is 1. The number of ether oxygens (including phenoxy) is 2. The summed E-state index contributed by atoms with van der Waals surface area (Å²) < 4.78 is 50.0. The maximum atomic E-state index is 14.5. The number of nitrogens with one attached hydrogen (secondary N) is 1. The van der Waals surface area contributed by atoms with E-state index in [1.54, 1.807) is 0 Å². The molecular formula is C24H33FN4O4S. The molecule has 8 nitrogen and oxygen atoms in total. The molecule has 0 radical (unpaired) electrons. The highest BCUT2D eigenvalue weighted by Crippen LogP contribution is 2.33. The SMILES string of the molecule is Cc1c(Nc2ccc(S(C)(=O)=O)cc2F)ncnc1OC1CC2COCC(C1)N2CCC(C)C. The van der Waals surface area contributed by atoms with Gasteiger partial charge in [0.1, 0.15) is 24.1 Å². The Balaban J connectivity index is 1.46. The molecule has 0 amide bonds. The van der Waals surface area contributed by atoms with Crippen LogP contribution in [0, 0.1) is 18.7 Å². The Bertz CT molecular complexity index is 1110. The number of nitrogens with zero attached hydrogens (tertiary/aromatic N) is 3. The van der Waals surface area contributed by atoms with Gasteiger partial charge in [-0.25, -0.2) is 22.8 Å². The van der Waals surface area contributed by atoms with E-state index in [4.69, 9.17) is 9.47 Å². The van der Waals surface area contributed by atoms with Crippen LogP contribution in [0.25, 0.3) is 0 Å². The monoisotopic (exact) mass is 492 g/mol. The maximum Gasteiger partial charge on any atom is 0.221 e. The second-order valence-corrected chi connectivity index (χ2v) is 11.7. The first-order valence-corrected chi connectivity index (χ1v) is 13.6. The first-order chi connectivity index (χ1) is 16.1. The third-order valence-corrected chi connectivity index (χ3v) is 7.64. The highest BCUT2D eigenvalue weighted by Gasteiger charge is 2.40. The topological polar surface area (TPSA) is 93.7 Å². The molecule has 10 heteroatoms.